The highest BCUT2D eigenvalue weighted by Crippen LogP contribution is 2.14. The van der Waals surface area contributed by atoms with Crippen LogP contribution < -0.4 is 10.5 Å². The second kappa shape index (κ2) is 6.37. The van der Waals surface area contributed by atoms with E-state index in [1.807, 2.05) is 0 Å². The molecule has 0 radical (unpaired) electrons. The molecule has 8 heteroatoms. The highest BCUT2D eigenvalue weighted by atomic mass is 16.5. The Bertz CT molecular complexity index is 708. The molecule has 1 saturated heterocycles. The zero-order valence-corrected chi connectivity index (χ0v) is 12.9. The third kappa shape index (κ3) is 2.93. The van der Waals surface area contributed by atoms with Crippen LogP contribution in [-0.4, -0.2) is 71.4 Å². The molecular formula is C14H20N6O2. The average molecular weight is 304 g/mol. The predicted octanol–water partition coefficient (Wildman–Crippen LogP) is -0.415. The van der Waals surface area contributed by atoms with Crippen LogP contribution in [0.4, 0.5) is 5.95 Å². The fourth-order valence-corrected chi connectivity index (χ4v) is 2.50. The first-order chi connectivity index (χ1) is 10.7. The van der Waals surface area contributed by atoms with Gasteiger partial charge in [0.2, 0.25) is 5.95 Å². The summed E-state index contributed by atoms with van der Waals surface area (Å²) in [5, 5.41) is 0. The molecule has 1 fully saturated rings. The number of anilines is 1. The van der Waals surface area contributed by atoms with E-state index in [2.05, 4.69) is 31.8 Å². The van der Waals surface area contributed by atoms with Crippen LogP contribution in [-0.2, 0) is 11.3 Å². The summed E-state index contributed by atoms with van der Waals surface area (Å²) in [6.45, 7) is 4.62. The van der Waals surface area contributed by atoms with Gasteiger partial charge in [-0.25, -0.2) is 9.97 Å². The van der Waals surface area contributed by atoms with Crippen molar-refractivity contribution in [3.8, 4) is 0 Å². The van der Waals surface area contributed by atoms with Crippen LogP contribution in [0.3, 0.4) is 0 Å². The van der Waals surface area contributed by atoms with Crippen LogP contribution in [0.1, 0.15) is 0 Å². The number of fused-ring (bicyclic) bond motifs is 1. The van der Waals surface area contributed by atoms with Gasteiger partial charge in [-0.15, -0.1) is 0 Å². The molecule has 1 aliphatic rings. The summed E-state index contributed by atoms with van der Waals surface area (Å²) in [7, 11) is 3.71. The molecule has 3 rings (SSSR count). The van der Waals surface area contributed by atoms with Gasteiger partial charge >= 0.3 is 0 Å². The highest BCUT2D eigenvalue weighted by molar-refractivity contribution is 5.70. The van der Waals surface area contributed by atoms with Gasteiger partial charge in [0.05, 0.1) is 25.5 Å². The maximum absolute atomic E-state index is 12.0. The van der Waals surface area contributed by atoms with Crippen molar-refractivity contribution in [2.75, 3.05) is 51.8 Å². The fraction of sp³-hybridized carbons (Fsp3) is 0.571. The van der Waals surface area contributed by atoms with Gasteiger partial charge in [-0.05, 0) is 7.05 Å². The Labute approximate surface area is 128 Å². The number of rotatable bonds is 4. The van der Waals surface area contributed by atoms with Crippen molar-refractivity contribution >= 4 is 17.1 Å². The van der Waals surface area contributed by atoms with Gasteiger partial charge in [-0.2, -0.15) is 4.98 Å². The number of piperazine rings is 1. The van der Waals surface area contributed by atoms with Crippen molar-refractivity contribution in [3.63, 3.8) is 0 Å². The molecule has 3 heterocycles. The van der Waals surface area contributed by atoms with Crippen molar-refractivity contribution in [2.24, 2.45) is 0 Å². The third-order valence-electron chi connectivity index (χ3n) is 3.88. The Morgan fingerprint density at radius 1 is 1.18 bits per heavy atom. The zero-order chi connectivity index (χ0) is 15.5. The largest absolute Gasteiger partial charge is 0.383 e. The predicted molar refractivity (Wildman–Crippen MR) is 83.2 cm³/mol. The monoisotopic (exact) mass is 304 g/mol. The van der Waals surface area contributed by atoms with E-state index in [4.69, 9.17) is 4.74 Å². The van der Waals surface area contributed by atoms with E-state index in [1.165, 1.54) is 6.20 Å². The normalized spacial score (nSPS) is 16.4. The molecule has 2 aromatic rings. The average Bonchev–Trinajstić information content (AvgIpc) is 2.54. The van der Waals surface area contributed by atoms with Crippen LogP contribution >= 0.6 is 0 Å². The molecule has 1 aliphatic heterocycles. The van der Waals surface area contributed by atoms with Crippen molar-refractivity contribution in [2.45, 2.75) is 6.54 Å². The molecule has 0 bridgehead atoms. The SMILES string of the molecule is COCCn1c(=O)cnc2cnc(N3CCN(C)CC3)nc21. The van der Waals surface area contributed by atoms with E-state index >= 15 is 0 Å². The van der Waals surface area contributed by atoms with Crippen molar-refractivity contribution in [1.82, 2.24) is 24.4 Å². The first-order valence-corrected chi connectivity index (χ1v) is 7.34. The summed E-state index contributed by atoms with van der Waals surface area (Å²) in [5.41, 5.74) is 1.01. The Balaban J connectivity index is 1.98. The van der Waals surface area contributed by atoms with Crippen molar-refractivity contribution < 1.29 is 4.74 Å². The molecule has 0 aromatic carbocycles. The minimum atomic E-state index is -0.174. The smallest absolute Gasteiger partial charge is 0.270 e. The third-order valence-corrected chi connectivity index (χ3v) is 3.88. The van der Waals surface area contributed by atoms with E-state index in [0.717, 1.165) is 26.2 Å². The fourth-order valence-electron chi connectivity index (χ4n) is 2.50. The Hall–Kier alpha value is -2.06. The molecule has 2 aromatic heterocycles. The second-order valence-electron chi connectivity index (χ2n) is 5.41. The highest BCUT2D eigenvalue weighted by Gasteiger charge is 2.17. The van der Waals surface area contributed by atoms with Crippen LogP contribution in [0.15, 0.2) is 17.2 Å². The summed E-state index contributed by atoms with van der Waals surface area (Å²) in [5.74, 6) is 0.652. The lowest BCUT2D eigenvalue weighted by Crippen LogP contribution is -2.45. The number of aromatic nitrogens is 4. The van der Waals surface area contributed by atoms with E-state index < -0.39 is 0 Å². The summed E-state index contributed by atoms with van der Waals surface area (Å²) in [6, 6.07) is 0. The van der Waals surface area contributed by atoms with E-state index in [1.54, 1.807) is 17.9 Å². The van der Waals surface area contributed by atoms with Gasteiger partial charge in [-0.1, -0.05) is 0 Å². The molecule has 0 amide bonds. The number of ether oxygens (including phenoxy) is 1. The Morgan fingerprint density at radius 2 is 1.95 bits per heavy atom. The summed E-state index contributed by atoms with van der Waals surface area (Å²) in [6.07, 6.45) is 2.98. The van der Waals surface area contributed by atoms with Crippen LogP contribution in [0.25, 0.3) is 11.2 Å². The van der Waals surface area contributed by atoms with Crippen LogP contribution in [0.2, 0.25) is 0 Å². The maximum atomic E-state index is 12.0. The second-order valence-corrected chi connectivity index (χ2v) is 5.41. The molecule has 118 valence electrons. The Kier molecular flexibility index (Phi) is 4.30. The van der Waals surface area contributed by atoms with Gasteiger partial charge in [0, 0.05) is 33.3 Å². The lowest BCUT2D eigenvalue weighted by atomic mass is 10.3. The van der Waals surface area contributed by atoms with Gasteiger partial charge in [-0.3, -0.25) is 9.36 Å². The molecule has 22 heavy (non-hydrogen) atoms. The molecule has 0 N–H and O–H groups in total. The van der Waals surface area contributed by atoms with Gasteiger partial charge in [0.1, 0.15) is 5.52 Å². The lowest BCUT2D eigenvalue weighted by molar-refractivity contribution is 0.187. The summed E-state index contributed by atoms with van der Waals surface area (Å²) in [4.78, 5) is 29.5. The van der Waals surface area contributed by atoms with Gasteiger partial charge < -0.3 is 14.5 Å². The zero-order valence-electron chi connectivity index (χ0n) is 12.9. The van der Waals surface area contributed by atoms with E-state index in [9.17, 15) is 4.79 Å². The first kappa shape index (κ1) is 14.9. The molecule has 0 unspecified atom stereocenters. The number of hydrogen-bond acceptors (Lipinski definition) is 7. The van der Waals surface area contributed by atoms with Crippen LogP contribution in [0.5, 0.6) is 0 Å². The van der Waals surface area contributed by atoms with Crippen LogP contribution in [0, 0.1) is 0 Å². The number of nitrogens with zero attached hydrogens (tertiary/aromatic N) is 6. The van der Waals surface area contributed by atoms with Crippen molar-refractivity contribution in [3.05, 3.63) is 22.7 Å². The standard InChI is InChI=1S/C14H20N6O2/c1-18-3-5-19(6-4-18)14-16-9-11-13(17-14)20(7-8-22-2)12(21)10-15-11/h9-10H,3-8H2,1-2H3. The molecule has 0 aliphatic carbocycles. The van der Waals surface area contributed by atoms with Gasteiger partial charge in [0.15, 0.2) is 5.65 Å². The van der Waals surface area contributed by atoms with E-state index in [-0.39, 0.29) is 5.56 Å². The maximum Gasteiger partial charge on any atom is 0.270 e. The summed E-state index contributed by atoms with van der Waals surface area (Å²) < 4.78 is 6.66. The quantitative estimate of drug-likeness (QED) is 0.759. The Morgan fingerprint density at radius 3 is 2.68 bits per heavy atom. The number of methoxy groups -OCH3 is 1. The number of likely N-dealkylation sites (N-methyl/N-ethyl adjacent to an activating group) is 1. The van der Waals surface area contributed by atoms with E-state index in [0.29, 0.717) is 30.3 Å². The molecule has 0 saturated carbocycles. The van der Waals surface area contributed by atoms with Gasteiger partial charge in [0.25, 0.3) is 5.56 Å². The lowest BCUT2D eigenvalue weighted by Gasteiger charge is -2.32. The first-order valence-electron chi connectivity index (χ1n) is 7.34. The molecule has 0 spiro atoms. The minimum absolute atomic E-state index is 0.174. The van der Waals surface area contributed by atoms with Crippen molar-refractivity contribution in [1.29, 1.82) is 0 Å². The molecular weight excluding hydrogens is 284 g/mol. The topological polar surface area (TPSA) is 76.4 Å². The minimum Gasteiger partial charge on any atom is -0.383 e. The molecule has 8 nitrogen and oxygen atoms in total. The number of hydrogen-bond donors (Lipinski definition) is 0. The molecule has 0 atom stereocenters. The summed E-state index contributed by atoms with van der Waals surface area (Å²) >= 11 is 0.